The minimum absolute atomic E-state index is 0.0213. The molecular formula is C31H28F2N2O5. The molecule has 2 fully saturated rings. The summed E-state index contributed by atoms with van der Waals surface area (Å²) in [5.74, 6) is 5.27. The van der Waals surface area contributed by atoms with Crippen LogP contribution >= 0.6 is 0 Å². The maximum Gasteiger partial charge on any atom is 0.270 e. The zero-order valence-corrected chi connectivity index (χ0v) is 21.9. The summed E-state index contributed by atoms with van der Waals surface area (Å²) >= 11 is 0. The van der Waals surface area contributed by atoms with E-state index in [-0.39, 0.29) is 56.1 Å². The second-order valence-corrected chi connectivity index (χ2v) is 10.00. The first-order valence-corrected chi connectivity index (χ1v) is 13.0. The Morgan fingerprint density at radius 1 is 1.25 bits per heavy atom. The third kappa shape index (κ3) is 6.64. The summed E-state index contributed by atoms with van der Waals surface area (Å²) in [6.07, 6.45) is 7.64. The molecule has 0 spiro atoms. The van der Waals surface area contributed by atoms with Crippen LogP contribution in [0.1, 0.15) is 35.8 Å². The van der Waals surface area contributed by atoms with E-state index in [9.17, 15) is 18.4 Å². The fourth-order valence-corrected chi connectivity index (χ4v) is 4.47. The van der Waals surface area contributed by atoms with Crippen molar-refractivity contribution in [3.8, 4) is 17.6 Å². The van der Waals surface area contributed by atoms with Gasteiger partial charge in [0.1, 0.15) is 42.3 Å². The predicted molar refractivity (Wildman–Crippen MR) is 142 cm³/mol. The number of alkyl halides is 1. The van der Waals surface area contributed by atoms with Gasteiger partial charge in [0.2, 0.25) is 5.67 Å². The summed E-state index contributed by atoms with van der Waals surface area (Å²) in [6.45, 7) is 1.94. The van der Waals surface area contributed by atoms with Gasteiger partial charge in [0.25, 0.3) is 5.91 Å². The highest BCUT2D eigenvalue weighted by atomic mass is 19.1. The molecule has 0 bridgehead atoms. The monoisotopic (exact) mass is 546 g/mol. The minimum atomic E-state index is -1.60. The number of rotatable bonds is 5. The highest BCUT2D eigenvalue weighted by Gasteiger charge is 2.37. The van der Waals surface area contributed by atoms with Crippen LogP contribution in [0.25, 0.3) is 0 Å². The van der Waals surface area contributed by atoms with E-state index in [1.807, 2.05) is 13.0 Å². The lowest BCUT2D eigenvalue weighted by Gasteiger charge is -2.28. The molecule has 2 aromatic rings. The van der Waals surface area contributed by atoms with Crippen molar-refractivity contribution in [3.05, 3.63) is 94.8 Å². The van der Waals surface area contributed by atoms with Gasteiger partial charge in [-0.2, -0.15) is 0 Å². The van der Waals surface area contributed by atoms with Crippen LogP contribution in [-0.4, -0.2) is 48.2 Å². The molecule has 9 heteroatoms. The van der Waals surface area contributed by atoms with E-state index in [4.69, 9.17) is 14.2 Å². The number of amides is 1. The van der Waals surface area contributed by atoms with E-state index < -0.39 is 17.6 Å². The van der Waals surface area contributed by atoms with Gasteiger partial charge in [-0.3, -0.25) is 14.6 Å². The number of nitrogens with zero attached hydrogens (tertiary/aromatic N) is 1. The van der Waals surface area contributed by atoms with Crippen molar-refractivity contribution in [2.45, 2.75) is 38.1 Å². The molecule has 3 heterocycles. The second kappa shape index (κ2) is 11.8. The number of pyridine rings is 1. The number of ketones is 1. The number of Topliss-reactive ketones (excluding diaryl/α,β-unsaturated/α-hetero) is 1. The summed E-state index contributed by atoms with van der Waals surface area (Å²) in [6, 6.07) is 8.21. The summed E-state index contributed by atoms with van der Waals surface area (Å²) in [4.78, 5) is 30.2. The molecular weight excluding hydrogens is 518 g/mol. The second-order valence-electron chi connectivity index (χ2n) is 10.00. The van der Waals surface area contributed by atoms with Crippen LogP contribution in [0.2, 0.25) is 0 Å². The van der Waals surface area contributed by atoms with E-state index in [1.54, 1.807) is 30.4 Å². The number of hydrogen-bond donors (Lipinski definition) is 1. The Balaban J connectivity index is 1.24. The summed E-state index contributed by atoms with van der Waals surface area (Å²) in [5, 5.41) is 2.73. The van der Waals surface area contributed by atoms with Gasteiger partial charge in [-0.15, -0.1) is 0 Å². The number of nitrogens with one attached hydrogen (secondary N) is 1. The lowest BCUT2D eigenvalue weighted by Crippen LogP contribution is -2.45. The fraction of sp³-hybridized carbons (Fsp3) is 0.323. The Labute approximate surface area is 230 Å². The Hall–Kier alpha value is -4.29. The van der Waals surface area contributed by atoms with Crippen molar-refractivity contribution in [3.63, 3.8) is 0 Å². The van der Waals surface area contributed by atoms with Gasteiger partial charge >= 0.3 is 0 Å². The minimum Gasteiger partial charge on any atom is -0.491 e. The number of fused-ring (bicyclic) bond motifs is 1. The molecule has 206 valence electrons. The van der Waals surface area contributed by atoms with Crippen LogP contribution in [0.3, 0.4) is 0 Å². The number of carbonyl (C=O) groups excluding carboxylic acids is 2. The molecule has 0 saturated carbocycles. The predicted octanol–water partition coefficient (Wildman–Crippen LogP) is 4.41. The van der Waals surface area contributed by atoms with Crippen molar-refractivity contribution in [2.75, 3.05) is 19.8 Å². The Kier molecular flexibility index (Phi) is 8.08. The fourth-order valence-electron chi connectivity index (χ4n) is 4.47. The third-order valence-corrected chi connectivity index (χ3v) is 6.77. The Bertz CT molecular complexity index is 1470. The maximum atomic E-state index is 14.2. The number of hydrogen-bond acceptors (Lipinski definition) is 6. The van der Waals surface area contributed by atoms with E-state index in [1.165, 1.54) is 24.4 Å². The third-order valence-electron chi connectivity index (χ3n) is 6.77. The molecule has 7 nitrogen and oxygen atoms in total. The Morgan fingerprint density at radius 3 is 2.88 bits per heavy atom. The molecule has 1 aromatic heterocycles. The smallest absolute Gasteiger partial charge is 0.270 e. The van der Waals surface area contributed by atoms with E-state index in [2.05, 4.69) is 22.1 Å². The molecule has 1 N–H and O–H groups in total. The molecule has 40 heavy (non-hydrogen) atoms. The topological polar surface area (TPSA) is 86.8 Å². The lowest BCUT2D eigenvalue weighted by atomic mass is 9.90. The number of halogens is 2. The first-order valence-electron chi connectivity index (χ1n) is 13.0. The van der Waals surface area contributed by atoms with Crippen LogP contribution < -0.4 is 10.1 Å². The van der Waals surface area contributed by atoms with E-state index in [0.717, 1.165) is 11.1 Å². The highest BCUT2D eigenvalue weighted by Crippen LogP contribution is 2.30. The largest absolute Gasteiger partial charge is 0.491 e. The summed E-state index contributed by atoms with van der Waals surface area (Å²) in [7, 11) is 0. The molecule has 1 unspecified atom stereocenters. The number of allylic oxidation sites excluding steroid dienone is 5. The average Bonchev–Trinajstić information content (AvgIpc) is 3.13. The number of ether oxygens (including phenoxy) is 3. The summed E-state index contributed by atoms with van der Waals surface area (Å²) in [5.41, 5.74) is 0.718. The molecule has 2 aliphatic heterocycles. The highest BCUT2D eigenvalue weighted by molar-refractivity contribution is 5.97. The molecule has 5 rings (SSSR count). The quantitative estimate of drug-likeness (QED) is 0.560. The van der Waals surface area contributed by atoms with Crippen molar-refractivity contribution >= 4 is 11.7 Å². The molecule has 1 amide bonds. The van der Waals surface area contributed by atoms with Gasteiger partial charge in [-0.25, -0.2) is 8.78 Å². The SMILES string of the molecule is CC1CC(=O)[C@@H](NC(=O)c2cc(OCc3cccc(F)c3)ccn2)COC2=CC=C(C#CC3(F)COC3)CC=C21. The molecule has 0 radical (unpaired) electrons. The van der Waals surface area contributed by atoms with Crippen molar-refractivity contribution in [1.29, 1.82) is 0 Å². The van der Waals surface area contributed by atoms with Crippen molar-refractivity contribution in [1.82, 2.24) is 10.3 Å². The average molecular weight is 547 g/mol. The van der Waals surface area contributed by atoms with E-state index >= 15 is 0 Å². The number of carbonyl (C=O) groups is 2. The van der Waals surface area contributed by atoms with Gasteiger partial charge in [0, 0.05) is 24.3 Å². The first kappa shape index (κ1) is 27.3. The van der Waals surface area contributed by atoms with Gasteiger partial charge in [0.15, 0.2) is 5.78 Å². The van der Waals surface area contributed by atoms with Gasteiger partial charge in [0.05, 0.1) is 13.2 Å². The van der Waals surface area contributed by atoms with Crippen molar-refractivity contribution in [2.24, 2.45) is 5.92 Å². The normalized spacial score (nSPS) is 21.7. The zero-order valence-electron chi connectivity index (χ0n) is 21.9. The van der Waals surface area contributed by atoms with Gasteiger partial charge < -0.3 is 19.5 Å². The van der Waals surface area contributed by atoms with Crippen LogP contribution in [0, 0.1) is 23.6 Å². The molecule has 1 aliphatic carbocycles. The van der Waals surface area contributed by atoms with Gasteiger partial charge in [-0.1, -0.05) is 37.0 Å². The molecule has 2 atom stereocenters. The van der Waals surface area contributed by atoms with Crippen LogP contribution in [0.5, 0.6) is 5.75 Å². The first-order chi connectivity index (χ1) is 19.3. The summed E-state index contributed by atoms with van der Waals surface area (Å²) < 4.78 is 44.2. The lowest BCUT2D eigenvalue weighted by molar-refractivity contribution is -0.123. The van der Waals surface area contributed by atoms with Crippen LogP contribution in [-0.2, 0) is 20.9 Å². The van der Waals surface area contributed by atoms with Crippen LogP contribution in [0.15, 0.2) is 77.7 Å². The van der Waals surface area contributed by atoms with Crippen LogP contribution in [0.4, 0.5) is 8.78 Å². The molecule has 1 aromatic carbocycles. The van der Waals surface area contributed by atoms with Crippen molar-refractivity contribution < 1.29 is 32.6 Å². The standard InChI is InChI=1S/C31H28F2N2O5/c1-20-13-28(36)27(17-40-29-8-6-21(5-7-25(20)29)9-11-31(33)18-38-19-31)35-30(37)26-15-24(10-12-34-26)39-16-22-3-2-4-23(32)14-22/h2-4,6-8,10,12,14-15,20,27H,5,13,16-19H2,1H3,(H,35,37)/t20?,27-/m0/s1. The number of benzene rings is 1. The maximum absolute atomic E-state index is 14.2. The molecule has 3 aliphatic rings. The number of aromatic nitrogens is 1. The van der Waals surface area contributed by atoms with Gasteiger partial charge in [-0.05, 0) is 53.8 Å². The molecule has 2 saturated heterocycles. The van der Waals surface area contributed by atoms with E-state index in [0.29, 0.717) is 23.5 Å². The zero-order chi connectivity index (χ0) is 28.1. The Morgan fingerprint density at radius 2 is 2.10 bits per heavy atom.